The van der Waals surface area contributed by atoms with Crippen LogP contribution in [0.25, 0.3) is 0 Å². The van der Waals surface area contributed by atoms with Gasteiger partial charge in [0.15, 0.2) is 0 Å². The Balaban J connectivity index is 2.01. The van der Waals surface area contributed by atoms with Gasteiger partial charge in [0.1, 0.15) is 5.82 Å². The Bertz CT molecular complexity index is 415. The highest BCUT2D eigenvalue weighted by atomic mass is 79.9. The van der Waals surface area contributed by atoms with E-state index in [4.69, 9.17) is 0 Å². The normalized spacial score (nSPS) is 19.3. The Morgan fingerprint density at radius 2 is 2.06 bits per heavy atom. The van der Waals surface area contributed by atoms with E-state index in [1.165, 1.54) is 31.4 Å². The van der Waals surface area contributed by atoms with Crippen molar-refractivity contribution in [3.63, 3.8) is 0 Å². The van der Waals surface area contributed by atoms with Crippen LogP contribution in [0.5, 0.6) is 0 Å². The lowest BCUT2D eigenvalue weighted by atomic mass is 9.82. The van der Waals surface area contributed by atoms with Crippen molar-refractivity contribution in [2.75, 3.05) is 13.1 Å². The Kier molecular flexibility index (Phi) is 4.44. The van der Waals surface area contributed by atoms with Crippen molar-refractivity contribution >= 4 is 15.9 Å². The summed E-state index contributed by atoms with van der Waals surface area (Å²) in [6.45, 7) is 7.86. The zero-order chi connectivity index (χ0) is 13.2. The third-order valence-electron chi connectivity index (χ3n) is 4.41. The van der Waals surface area contributed by atoms with E-state index in [1.54, 1.807) is 6.07 Å². The van der Waals surface area contributed by atoms with Gasteiger partial charge in [0, 0.05) is 13.1 Å². The van der Waals surface area contributed by atoms with Crippen molar-refractivity contribution in [2.45, 2.75) is 39.7 Å². The summed E-state index contributed by atoms with van der Waals surface area (Å²) in [7, 11) is 0. The molecule has 0 aromatic heterocycles. The van der Waals surface area contributed by atoms with Gasteiger partial charge < -0.3 is 0 Å². The molecule has 0 N–H and O–H groups in total. The van der Waals surface area contributed by atoms with Gasteiger partial charge in [-0.05, 0) is 64.8 Å². The second-order valence-electron chi connectivity index (χ2n) is 5.42. The van der Waals surface area contributed by atoms with E-state index in [-0.39, 0.29) is 5.82 Å². The molecular weight excluding hydrogens is 293 g/mol. The molecule has 0 atom stereocenters. The molecular formula is C15H21BrFN. The highest BCUT2D eigenvalue weighted by molar-refractivity contribution is 9.10. The summed E-state index contributed by atoms with van der Waals surface area (Å²) in [6, 6.07) is 5.33. The average Bonchev–Trinajstić information content (AvgIpc) is 2.78. The third kappa shape index (κ3) is 2.94. The summed E-state index contributed by atoms with van der Waals surface area (Å²) in [5, 5.41) is 0. The van der Waals surface area contributed by atoms with Crippen LogP contribution < -0.4 is 0 Å². The van der Waals surface area contributed by atoms with Crippen molar-refractivity contribution in [1.29, 1.82) is 0 Å². The van der Waals surface area contributed by atoms with E-state index in [9.17, 15) is 4.39 Å². The molecule has 1 aromatic carbocycles. The molecule has 1 aliphatic heterocycles. The van der Waals surface area contributed by atoms with Gasteiger partial charge >= 0.3 is 0 Å². The molecule has 0 radical (unpaired) electrons. The number of benzene rings is 1. The molecule has 1 heterocycles. The van der Waals surface area contributed by atoms with Crippen molar-refractivity contribution < 1.29 is 4.39 Å². The maximum absolute atomic E-state index is 13.2. The molecule has 0 unspecified atom stereocenters. The summed E-state index contributed by atoms with van der Waals surface area (Å²) in [4.78, 5) is 2.49. The van der Waals surface area contributed by atoms with E-state index in [2.05, 4.69) is 34.7 Å². The second-order valence-corrected chi connectivity index (χ2v) is 6.27. The molecule has 1 fully saturated rings. The summed E-state index contributed by atoms with van der Waals surface area (Å²) >= 11 is 3.25. The fraction of sp³-hybridized carbons (Fsp3) is 0.600. The van der Waals surface area contributed by atoms with Crippen LogP contribution in [-0.2, 0) is 6.54 Å². The van der Waals surface area contributed by atoms with Gasteiger partial charge in [0.25, 0.3) is 0 Å². The molecule has 18 heavy (non-hydrogen) atoms. The maximum Gasteiger partial charge on any atom is 0.137 e. The van der Waals surface area contributed by atoms with Gasteiger partial charge in [-0.2, -0.15) is 0 Å². The quantitative estimate of drug-likeness (QED) is 0.785. The number of hydrogen-bond donors (Lipinski definition) is 0. The minimum atomic E-state index is -0.184. The molecule has 0 saturated carbocycles. The van der Waals surface area contributed by atoms with Crippen molar-refractivity contribution in [2.24, 2.45) is 5.41 Å². The highest BCUT2D eigenvalue weighted by Crippen LogP contribution is 2.37. The van der Waals surface area contributed by atoms with E-state index in [0.717, 1.165) is 13.1 Å². The first-order valence-corrected chi connectivity index (χ1v) is 7.54. The molecule has 1 aromatic rings. The largest absolute Gasteiger partial charge is 0.299 e. The van der Waals surface area contributed by atoms with E-state index in [1.807, 2.05) is 12.1 Å². The molecule has 100 valence electrons. The van der Waals surface area contributed by atoms with Crippen LogP contribution in [0.3, 0.4) is 0 Å². The Hall–Kier alpha value is -0.410. The minimum Gasteiger partial charge on any atom is -0.299 e. The lowest BCUT2D eigenvalue weighted by molar-refractivity contribution is 0.236. The predicted molar refractivity (Wildman–Crippen MR) is 77.0 cm³/mol. The molecule has 0 amide bonds. The number of likely N-dealkylation sites (tertiary alicyclic amines) is 1. The lowest BCUT2D eigenvalue weighted by Crippen LogP contribution is -2.26. The fourth-order valence-corrected chi connectivity index (χ4v) is 3.31. The molecule has 0 aliphatic carbocycles. The van der Waals surface area contributed by atoms with Crippen LogP contribution in [-0.4, -0.2) is 18.0 Å². The van der Waals surface area contributed by atoms with Crippen LogP contribution in [0.2, 0.25) is 0 Å². The number of rotatable bonds is 4. The molecule has 1 aliphatic rings. The lowest BCUT2D eigenvalue weighted by Gasteiger charge is -2.26. The monoisotopic (exact) mass is 313 g/mol. The van der Waals surface area contributed by atoms with Gasteiger partial charge in [-0.25, -0.2) is 4.39 Å². The first-order valence-electron chi connectivity index (χ1n) is 6.75. The van der Waals surface area contributed by atoms with Crippen LogP contribution in [0.15, 0.2) is 22.7 Å². The molecule has 0 spiro atoms. The third-order valence-corrected chi connectivity index (χ3v) is 5.02. The van der Waals surface area contributed by atoms with Crippen molar-refractivity contribution in [3.05, 3.63) is 34.1 Å². The van der Waals surface area contributed by atoms with E-state index >= 15 is 0 Å². The molecule has 1 nitrogen and oxygen atoms in total. The predicted octanol–water partition coefficient (Wildman–Crippen LogP) is 4.60. The van der Waals surface area contributed by atoms with Crippen molar-refractivity contribution in [1.82, 2.24) is 4.90 Å². The zero-order valence-corrected chi connectivity index (χ0v) is 12.8. The smallest absolute Gasteiger partial charge is 0.137 e. The number of hydrogen-bond acceptors (Lipinski definition) is 1. The molecule has 1 saturated heterocycles. The van der Waals surface area contributed by atoms with Gasteiger partial charge in [-0.3, -0.25) is 4.90 Å². The SMILES string of the molecule is CCC1(CC)CCN(Cc2ccc(F)c(Br)c2)C1. The number of halogens is 2. The van der Waals surface area contributed by atoms with Crippen LogP contribution in [0.1, 0.15) is 38.7 Å². The second kappa shape index (κ2) is 5.70. The first kappa shape index (κ1) is 14.0. The van der Waals surface area contributed by atoms with Crippen LogP contribution >= 0.6 is 15.9 Å². The summed E-state index contributed by atoms with van der Waals surface area (Å²) < 4.78 is 13.8. The highest BCUT2D eigenvalue weighted by Gasteiger charge is 2.34. The van der Waals surface area contributed by atoms with Gasteiger partial charge in [0.05, 0.1) is 4.47 Å². The summed E-state index contributed by atoms with van der Waals surface area (Å²) in [5.74, 6) is -0.184. The molecule has 3 heteroatoms. The fourth-order valence-electron chi connectivity index (χ4n) is 2.89. The van der Waals surface area contributed by atoms with E-state index < -0.39 is 0 Å². The zero-order valence-electron chi connectivity index (χ0n) is 11.2. The minimum absolute atomic E-state index is 0.184. The van der Waals surface area contributed by atoms with Gasteiger partial charge in [0.2, 0.25) is 0 Å². The molecule has 2 rings (SSSR count). The Labute approximate surface area is 118 Å². The van der Waals surface area contributed by atoms with Gasteiger partial charge in [-0.15, -0.1) is 0 Å². The summed E-state index contributed by atoms with van der Waals surface area (Å²) in [6.07, 6.45) is 3.81. The first-order chi connectivity index (χ1) is 8.58. The molecule has 0 bridgehead atoms. The Morgan fingerprint density at radius 1 is 1.33 bits per heavy atom. The topological polar surface area (TPSA) is 3.24 Å². The maximum atomic E-state index is 13.2. The van der Waals surface area contributed by atoms with Crippen LogP contribution in [0, 0.1) is 11.2 Å². The van der Waals surface area contributed by atoms with Crippen molar-refractivity contribution in [3.8, 4) is 0 Å². The van der Waals surface area contributed by atoms with E-state index in [0.29, 0.717) is 9.89 Å². The number of nitrogens with zero attached hydrogens (tertiary/aromatic N) is 1. The Morgan fingerprint density at radius 3 is 2.61 bits per heavy atom. The van der Waals surface area contributed by atoms with Gasteiger partial charge in [-0.1, -0.05) is 19.9 Å². The standard InChI is InChI=1S/C15H21BrFN/c1-3-15(4-2)7-8-18(11-15)10-12-5-6-14(17)13(16)9-12/h5-6,9H,3-4,7-8,10-11H2,1-2H3. The van der Waals surface area contributed by atoms with Crippen LogP contribution in [0.4, 0.5) is 4.39 Å². The average molecular weight is 314 g/mol. The summed E-state index contributed by atoms with van der Waals surface area (Å²) in [5.41, 5.74) is 1.70.